The van der Waals surface area contributed by atoms with Gasteiger partial charge < -0.3 is 10.5 Å². The Balaban J connectivity index is 2.44. The number of hydrogen-bond acceptors (Lipinski definition) is 5. The maximum absolute atomic E-state index is 12.1. The number of fused-ring (bicyclic) bond motifs is 1. The number of Topliss-reactive ketones (excluding diaryl/α,β-unsaturated/α-hetero) is 1. The lowest BCUT2D eigenvalue weighted by atomic mass is 10.1. The van der Waals surface area contributed by atoms with Crippen LogP contribution in [0.3, 0.4) is 0 Å². The average molecular weight is 274 g/mol. The largest absolute Gasteiger partial charge is 0.460 e. The molecule has 1 heterocycles. The molecule has 0 radical (unpaired) electrons. The highest BCUT2D eigenvalue weighted by atomic mass is 16.5. The molecule has 0 saturated heterocycles. The van der Waals surface area contributed by atoms with Gasteiger partial charge in [-0.15, -0.1) is 0 Å². The zero-order valence-corrected chi connectivity index (χ0v) is 11.2. The number of ether oxygens (including phenoxy) is 1. The number of nitrogens with two attached hydrogens (primary N) is 1. The lowest BCUT2D eigenvalue weighted by molar-refractivity contribution is -0.681. The quantitative estimate of drug-likeness (QED) is 0.476. The molecule has 20 heavy (non-hydrogen) atoms. The Morgan fingerprint density at radius 1 is 1.40 bits per heavy atom. The molecule has 0 saturated carbocycles. The van der Waals surface area contributed by atoms with Crippen LogP contribution in [0.25, 0.3) is 11.0 Å². The van der Waals surface area contributed by atoms with E-state index in [4.69, 9.17) is 10.5 Å². The molecule has 0 spiro atoms. The number of para-hydroxylation sites is 2. The number of ketones is 1. The number of carbonyl (C=O) groups excluding carboxylic acids is 2. The first kappa shape index (κ1) is 14.1. The normalized spacial score (nSPS) is 12.1. The Bertz CT molecular complexity index is 637. The summed E-state index contributed by atoms with van der Waals surface area (Å²) in [5, 5.41) is 0. The molecule has 6 nitrogen and oxygen atoms in total. The SMILES string of the molecule is CCOC(=O)C(=O)C(CN)[n+]1ccnc2ccccc21. The third-order valence-corrected chi connectivity index (χ3v) is 2.94. The summed E-state index contributed by atoms with van der Waals surface area (Å²) < 4.78 is 6.40. The third kappa shape index (κ3) is 2.65. The number of benzene rings is 1. The van der Waals surface area contributed by atoms with Gasteiger partial charge >= 0.3 is 11.8 Å². The number of esters is 1. The van der Waals surface area contributed by atoms with Crippen LogP contribution in [-0.2, 0) is 14.3 Å². The van der Waals surface area contributed by atoms with Gasteiger partial charge in [-0.1, -0.05) is 12.1 Å². The van der Waals surface area contributed by atoms with E-state index >= 15 is 0 Å². The van der Waals surface area contributed by atoms with Crippen LogP contribution < -0.4 is 10.3 Å². The van der Waals surface area contributed by atoms with Gasteiger partial charge in [0.1, 0.15) is 5.52 Å². The van der Waals surface area contributed by atoms with Crippen molar-refractivity contribution in [3.05, 3.63) is 36.7 Å². The second kappa shape index (κ2) is 6.21. The van der Waals surface area contributed by atoms with Gasteiger partial charge in [-0.05, 0) is 13.0 Å². The third-order valence-electron chi connectivity index (χ3n) is 2.94. The molecule has 0 bridgehead atoms. The van der Waals surface area contributed by atoms with E-state index in [9.17, 15) is 9.59 Å². The molecule has 0 aliphatic carbocycles. The topological polar surface area (TPSA) is 86.2 Å². The summed E-state index contributed by atoms with van der Waals surface area (Å²) in [5.74, 6) is -1.52. The van der Waals surface area contributed by atoms with E-state index in [1.807, 2.05) is 24.3 Å². The van der Waals surface area contributed by atoms with Crippen LogP contribution >= 0.6 is 0 Å². The van der Waals surface area contributed by atoms with E-state index in [2.05, 4.69) is 4.98 Å². The summed E-state index contributed by atoms with van der Waals surface area (Å²) in [4.78, 5) is 27.9. The van der Waals surface area contributed by atoms with E-state index in [0.717, 1.165) is 11.0 Å². The summed E-state index contributed by atoms with van der Waals surface area (Å²) in [6, 6.07) is 6.55. The van der Waals surface area contributed by atoms with Crippen molar-refractivity contribution in [1.29, 1.82) is 0 Å². The lowest BCUT2D eigenvalue weighted by Gasteiger charge is -2.10. The van der Waals surface area contributed by atoms with Crippen LogP contribution in [0, 0.1) is 0 Å². The zero-order valence-electron chi connectivity index (χ0n) is 11.2. The summed E-state index contributed by atoms with van der Waals surface area (Å²) in [6.07, 6.45) is 3.21. The molecular weight excluding hydrogens is 258 g/mol. The fourth-order valence-corrected chi connectivity index (χ4v) is 2.01. The van der Waals surface area contributed by atoms with E-state index in [0.29, 0.717) is 0 Å². The van der Waals surface area contributed by atoms with Crippen LogP contribution in [0.15, 0.2) is 36.7 Å². The fourth-order valence-electron chi connectivity index (χ4n) is 2.01. The first-order chi connectivity index (χ1) is 9.69. The Morgan fingerprint density at radius 3 is 2.85 bits per heavy atom. The lowest BCUT2D eigenvalue weighted by Crippen LogP contribution is -2.50. The number of aromatic nitrogens is 2. The van der Waals surface area contributed by atoms with Crippen molar-refractivity contribution in [2.45, 2.75) is 13.0 Å². The van der Waals surface area contributed by atoms with Gasteiger partial charge in [0.15, 0.2) is 6.20 Å². The van der Waals surface area contributed by atoms with E-state index in [1.54, 1.807) is 23.9 Å². The van der Waals surface area contributed by atoms with Crippen molar-refractivity contribution in [1.82, 2.24) is 4.98 Å². The molecule has 0 amide bonds. The minimum absolute atomic E-state index is 0.0102. The summed E-state index contributed by atoms with van der Waals surface area (Å²) in [5.41, 5.74) is 7.13. The first-order valence-corrected chi connectivity index (χ1v) is 6.35. The second-order valence-electron chi connectivity index (χ2n) is 4.16. The molecule has 1 atom stereocenters. The summed E-state index contributed by atoms with van der Waals surface area (Å²) >= 11 is 0. The fraction of sp³-hybridized carbons (Fsp3) is 0.286. The Morgan fingerprint density at radius 2 is 2.15 bits per heavy atom. The van der Waals surface area contributed by atoms with Gasteiger partial charge in [0.2, 0.25) is 11.6 Å². The van der Waals surface area contributed by atoms with Gasteiger partial charge in [0, 0.05) is 6.07 Å². The van der Waals surface area contributed by atoms with Gasteiger partial charge in [0.05, 0.1) is 19.3 Å². The molecule has 0 aliphatic heterocycles. The van der Waals surface area contributed by atoms with Crippen molar-refractivity contribution >= 4 is 22.8 Å². The van der Waals surface area contributed by atoms with E-state index in [-0.39, 0.29) is 13.2 Å². The molecule has 1 aromatic heterocycles. The van der Waals surface area contributed by atoms with Crippen molar-refractivity contribution in [2.24, 2.45) is 5.73 Å². The smallest absolute Gasteiger partial charge is 0.381 e. The maximum Gasteiger partial charge on any atom is 0.381 e. The summed E-state index contributed by atoms with van der Waals surface area (Å²) in [6.45, 7) is 1.82. The Labute approximate surface area is 116 Å². The first-order valence-electron chi connectivity index (χ1n) is 6.35. The Kier molecular flexibility index (Phi) is 4.37. The molecule has 2 N–H and O–H groups in total. The standard InChI is InChI=1S/C14H16N3O3/c1-2-20-14(19)13(18)12(9-15)17-8-7-16-10-5-3-4-6-11(10)17/h3-8,12H,2,9,15H2,1H3/q+1. The van der Waals surface area contributed by atoms with Crippen LogP contribution in [-0.4, -0.2) is 29.9 Å². The maximum atomic E-state index is 12.1. The van der Waals surface area contributed by atoms with Crippen LogP contribution in [0.2, 0.25) is 0 Å². The van der Waals surface area contributed by atoms with Crippen molar-refractivity contribution in [3.63, 3.8) is 0 Å². The van der Waals surface area contributed by atoms with Gasteiger partial charge in [-0.25, -0.2) is 9.78 Å². The molecule has 6 heteroatoms. The van der Waals surface area contributed by atoms with Crippen LogP contribution in [0.4, 0.5) is 0 Å². The van der Waals surface area contributed by atoms with Crippen LogP contribution in [0.5, 0.6) is 0 Å². The predicted octanol–water partition coefficient (Wildman–Crippen LogP) is 0.154. The van der Waals surface area contributed by atoms with Crippen molar-refractivity contribution < 1.29 is 18.9 Å². The molecule has 2 rings (SSSR count). The zero-order chi connectivity index (χ0) is 14.5. The minimum atomic E-state index is -0.864. The number of rotatable bonds is 5. The molecule has 0 fully saturated rings. The summed E-state index contributed by atoms with van der Waals surface area (Å²) in [7, 11) is 0. The highest BCUT2D eigenvalue weighted by Gasteiger charge is 2.34. The molecule has 0 aliphatic rings. The predicted molar refractivity (Wildman–Crippen MR) is 71.7 cm³/mol. The van der Waals surface area contributed by atoms with Crippen LogP contribution in [0.1, 0.15) is 13.0 Å². The Hall–Kier alpha value is -2.34. The second-order valence-corrected chi connectivity index (χ2v) is 4.16. The molecule has 104 valence electrons. The van der Waals surface area contributed by atoms with Gasteiger partial charge in [-0.3, -0.25) is 4.79 Å². The number of nitrogens with zero attached hydrogens (tertiary/aromatic N) is 2. The van der Waals surface area contributed by atoms with Crippen molar-refractivity contribution in [2.75, 3.05) is 13.2 Å². The van der Waals surface area contributed by atoms with Gasteiger partial charge in [0.25, 0.3) is 0 Å². The number of carbonyl (C=O) groups is 2. The molecular formula is C14H16N3O3+. The highest BCUT2D eigenvalue weighted by Crippen LogP contribution is 2.08. The monoisotopic (exact) mass is 274 g/mol. The van der Waals surface area contributed by atoms with E-state index < -0.39 is 17.8 Å². The minimum Gasteiger partial charge on any atom is -0.460 e. The average Bonchev–Trinajstić information content (AvgIpc) is 2.48. The molecule has 2 aromatic rings. The molecule has 1 aromatic carbocycles. The van der Waals surface area contributed by atoms with Crippen molar-refractivity contribution in [3.8, 4) is 0 Å². The van der Waals surface area contributed by atoms with Gasteiger partial charge in [-0.2, -0.15) is 4.57 Å². The number of hydrogen-bond donors (Lipinski definition) is 1. The molecule has 1 unspecified atom stereocenters. The van der Waals surface area contributed by atoms with E-state index in [1.165, 1.54) is 0 Å². The highest BCUT2D eigenvalue weighted by molar-refractivity contribution is 6.34.